The number of carbonyl (C=O) groups excluding carboxylic acids is 1. The van der Waals surface area contributed by atoms with Crippen LogP contribution in [-0.2, 0) is 11.3 Å². The number of carbonyl (C=O) groups is 1. The van der Waals surface area contributed by atoms with Gasteiger partial charge in [0.05, 0.1) is 16.7 Å². The molecule has 0 unspecified atom stereocenters. The highest BCUT2D eigenvalue weighted by Gasteiger charge is 2.19. The van der Waals surface area contributed by atoms with E-state index in [2.05, 4.69) is 9.55 Å². The summed E-state index contributed by atoms with van der Waals surface area (Å²) in [5.41, 5.74) is 3.14. The molecule has 0 saturated carbocycles. The van der Waals surface area contributed by atoms with Crippen LogP contribution in [0.2, 0.25) is 5.02 Å². The molecule has 0 saturated heterocycles. The first-order valence-corrected chi connectivity index (χ1v) is 11.6. The summed E-state index contributed by atoms with van der Waals surface area (Å²) in [6.45, 7) is 9.34. The van der Waals surface area contributed by atoms with Gasteiger partial charge in [-0.25, -0.2) is 4.98 Å². The number of aryl methyl sites for hydroxylation is 1. The third-order valence-electron chi connectivity index (χ3n) is 5.28. The number of methoxy groups -OCH3 is 1. The number of rotatable bonds is 9. The van der Waals surface area contributed by atoms with E-state index >= 15 is 0 Å². The van der Waals surface area contributed by atoms with Crippen LogP contribution < -0.4 is 5.56 Å². The molecule has 0 spiro atoms. The van der Waals surface area contributed by atoms with Crippen LogP contribution in [0.3, 0.4) is 0 Å². The van der Waals surface area contributed by atoms with Crippen molar-refractivity contribution in [3.8, 4) is 0 Å². The van der Waals surface area contributed by atoms with Gasteiger partial charge in [-0.15, -0.1) is 0 Å². The predicted molar refractivity (Wildman–Crippen MR) is 127 cm³/mol. The minimum absolute atomic E-state index is 0.0202. The van der Waals surface area contributed by atoms with Gasteiger partial charge in [-0.2, -0.15) is 0 Å². The molecule has 3 rings (SSSR count). The molecule has 0 aliphatic heterocycles. The Balaban J connectivity index is 1.87. The van der Waals surface area contributed by atoms with Gasteiger partial charge in [-0.05, 0) is 58.4 Å². The Hall–Kier alpha value is -2.09. The normalized spacial score (nSPS) is 11.6. The number of hydrogen-bond acceptors (Lipinski definition) is 5. The summed E-state index contributed by atoms with van der Waals surface area (Å²) >= 11 is 7.38. The molecule has 1 aromatic carbocycles. The highest BCUT2D eigenvalue weighted by Crippen LogP contribution is 2.25. The zero-order valence-electron chi connectivity index (χ0n) is 18.6. The van der Waals surface area contributed by atoms with E-state index in [1.54, 1.807) is 29.9 Å². The number of nitrogens with zero attached hydrogens (tertiary/aromatic N) is 3. The molecule has 2 aromatic heterocycles. The standard InChI is InChI=1S/C23H28ClN3O3S/c1-14(2)27-22(29)18-8-7-17(24)12-20(18)25-23(27)31-13-21(28)19-11-15(3)26(16(19)4)9-6-10-30-5/h7-8,11-12,14H,6,9-10,13H2,1-5H3. The Kier molecular flexibility index (Phi) is 7.62. The maximum absolute atomic E-state index is 13.0. The summed E-state index contributed by atoms with van der Waals surface area (Å²) in [6, 6.07) is 6.93. The van der Waals surface area contributed by atoms with Crippen LogP contribution in [0.1, 0.15) is 48.1 Å². The van der Waals surface area contributed by atoms with Crippen molar-refractivity contribution in [3.63, 3.8) is 0 Å². The summed E-state index contributed by atoms with van der Waals surface area (Å²) in [5, 5.41) is 1.57. The third kappa shape index (κ3) is 5.05. The van der Waals surface area contributed by atoms with Crippen LogP contribution in [0, 0.1) is 13.8 Å². The number of fused-ring (bicyclic) bond motifs is 1. The maximum Gasteiger partial charge on any atom is 0.262 e. The largest absolute Gasteiger partial charge is 0.385 e. The van der Waals surface area contributed by atoms with E-state index in [9.17, 15) is 9.59 Å². The van der Waals surface area contributed by atoms with Crippen LogP contribution in [0.25, 0.3) is 10.9 Å². The number of Topliss-reactive ketones (excluding diaryl/α,β-unsaturated/α-hetero) is 1. The quantitative estimate of drug-likeness (QED) is 0.193. The fourth-order valence-corrected chi connectivity index (χ4v) is 4.89. The second-order valence-corrected chi connectivity index (χ2v) is 9.20. The number of halogens is 1. The van der Waals surface area contributed by atoms with Crippen LogP contribution in [0.4, 0.5) is 0 Å². The van der Waals surface area contributed by atoms with Gasteiger partial charge in [0.15, 0.2) is 10.9 Å². The number of aromatic nitrogens is 3. The lowest BCUT2D eigenvalue weighted by Gasteiger charge is -2.16. The highest BCUT2D eigenvalue weighted by molar-refractivity contribution is 7.99. The average Bonchev–Trinajstić information content (AvgIpc) is 3.00. The molecule has 166 valence electrons. The Labute approximate surface area is 191 Å². The Bertz CT molecular complexity index is 1170. The molecule has 0 radical (unpaired) electrons. The molecule has 0 amide bonds. The first-order valence-electron chi connectivity index (χ1n) is 10.3. The number of hydrogen-bond donors (Lipinski definition) is 0. The molecular weight excluding hydrogens is 434 g/mol. The molecule has 6 nitrogen and oxygen atoms in total. The van der Waals surface area contributed by atoms with Crippen LogP contribution >= 0.6 is 23.4 Å². The number of ether oxygens (including phenoxy) is 1. The van der Waals surface area contributed by atoms with Crippen molar-refractivity contribution in [1.29, 1.82) is 0 Å². The van der Waals surface area contributed by atoms with Crippen molar-refractivity contribution < 1.29 is 9.53 Å². The number of benzene rings is 1. The van der Waals surface area contributed by atoms with Gasteiger partial charge in [0.25, 0.3) is 5.56 Å². The summed E-state index contributed by atoms with van der Waals surface area (Å²) in [6.07, 6.45) is 0.888. The van der Waals surface area contributed by atoms with Crippen LogP contribution in [0.15, 0.2) is 34.2 Å². The molecule has 3 aromatic rings. The summed E-state index contributed by atoms with van der Waals surface area (Å²) in [7, 11) is 1.69. The van der Waals surface area contributed by atoms with E-state index in [1.807, 2.05) is 33.8 Å². The van der Waals surface area contributed by atoms with E-state index in [-0.39, 0.29) is 23.1 Å². The molecule has 0 atom stereocenters. The molecule has 0 N–H and O–H groups in total. The lowest BCUT2D eigenvalue weighted by molar-refractivity contribution is 0.102. The van der Waals surface area contributed by atoms with Crippen molar-refractivity contribution in [2.75, 3.05) is 19.5 Å². The van der Waals surface area contributed by atoms with E-state index < -0.39 is 0 Å². The lowest BCUT2D eigenvalue weighted by atomic mass is 10.2. The fraction of sp³-hybridized carbons (Fsp3) is 0.435. The van der Waals surface area contributed by atoms with Gasteiger partial charge in [0.2, 0.25) is 0 Å². The monoisotopic (exact) mass is 461 g/mol. The van der Waals surface area contributed by atoms with Crippen molar-refractivity contribution in [1.82, 2.24) is 14.1 Å². The molecule has 0 aliphatic carbocycles. The maximum atomic E-state index is 13.0. The Morgan fingerprint density at radius 1 is 1.26 bits per heavy atom. The second kappa shape index (κ2) is 10.0. The smallest absolute Gasteiger partial charge is 0.262 e. The van der Waals surface area contributed by atoms with Crippen LogP contribution in [0.5, 0.6) is 0 Å². The fourth-order valence-electron chi connectivity index (χ4n) is 3.71. The first-order chi connectivity index (χ1) is 14.7. The zero-order valence-corrected chi connectivity index (χ0v) is 20.1. The molecule has 0 aliphatic rings. The Morgan fingerprint density at radius 2 is 2.00 bits per heavy atom. The molecular formula is C23H28ClN3O3S. The molecule has 31 heavy (non-hydrogen) atoms. The number of ketones is 1. The van der Waals surface area contributed by atoms with Crippen molar-refractivity contribution in [2.45, 2.75) is 51.9 Å². The van der Waals surface area contributed by atoms with Crippen molar-refractivity contribution in [3.05, 3.63) is 56.6 Å². The van der Waals surface area contributed by atoms with E-state index in [0.29, 0.717) is 33.3 Å². The van der Waals surface area contributed by atoms with Gasteiger partial charge < -0.3 is 9.30 Å². The lowest BCUT2D eigenvalue weighted by Crippen LogP contribution is -2.25. The SMILES string of the molecule is COCCCn1c(C)cc(C(=O)CSc2nc3cc(Cl)ccc3c(=O)n2C(C)C)c1C. The van der Waals surface area contributed by atoms with Gasteiger partial charge >= 0.3 is 0 Å². The second-order valence-electron chi connectivity index (χ2n) is 7.82. The van der Waals surface area contributed by atoms with Gasteiger partial charge in [0, 0.05) is 48.3 Å². The summed E-state index contributed by atoms with van der Waals surface area (Å²) in [5.74, 6) is 0.222. The molecule has 2 heterocycles. The topological polar surface area (TPSA) is 66.1 Å². The number of thioether (sulfide) groups is 1. The van der Waals surface area contributed by atoms with Gasteiger partial charge in [-0.3, -0.25) is 14.2 Å². The summed E-state index contributed by atoms with van der Waals surface area (Å²) < 4.78 is 8.93. The van der Waals surface area contributed by atoms with E-state index in [4.69, 9.17) is 16.3 Å². The molecule has 0 fully saturated rings. The first kappa shape index (κ1) is 23.6. The Morgan fingerprint density at radius 3 is 2.68 bits per heavy atom. The highest BCUT2D eigenvalue weighted by atomic mass is 35.5. The third-order valence-corrected chi connectivity index (χ3v) is 6.47. The van der Waals surface area contributed by atoms with E-state index in [1.165, 1.54) is 11.8 Å². The predicted octanol–water partition coefficient (Wildman–Crippen LogP) is 5.06. The minimum atomic E-state index is -0.122. The zero-order chi connectivity index (χ0) is 22.7. The van der Waals surface area contributed by atoms with E-state index in [0.717, 1.165) is 24.4 Å². The molecule has 0 bridgehead atoms. The molecule has 8 heteroatoms. The minimum Gasteiger partial charge on any atom is -0.385 e. The van der Waals surface area contributed by atoms with Crippen molar-refractivity contribution >= 4 is 40.0 Å². The van der Waals surface area contributed by atoms with Gasteiger partial charge in [0.1, 0.15) is 0 Å². The van der Waals surface area contributed by atoms with Gasteiger partial charge in [-0.1, -0.05) is 23.4 Å². The average molecular weight is 462 g/mol. The van der Waals surface area contributed by atoms with Crippen molar-refractivity contribution in [2.24, 2.45) is 0 Å². The van der Waals surface area contributed by atoms with Crippen LogP contribution in [-0.4, -0.2) is 39.4 Å². The summed E-state index contributed by atoms with van der Waals surface area (Å²) in [4.78, 5) is 30.7.